The van der Waals surface area contributed by atoms with Gasteiger partial charge in [0.25, 0.3) is 0 Å². The van der Waals surface area contributed by atoms with Crippen molar-refractivity contribution in [2.75, 3.05) is 36.9 Å². The molecule has 1 amide bonds. The average molecular weight is 419 g/mol. The molecule has 7 heteroatoms. The third-order valence-corrected chi connectivity index (χ3v) is 6.07. The molecule has 3 aromatic rings. The van der Waals surface area contributed by atoms with E-state index >= 15 is 0 Å². The Balaban J connectivity index is 1.34. The number of aryl methyl sites for hydroxylation is 1. The lowest BCUT2D eigenvalue weighted by Gasteiger charge is -2.25. The lowest BCUT2D eigenvalue weighted by atomic mass is 10.1. The minimum absolute atomic E-state index is 0.00870. The van der Waals surface area contributed by atoms with Gasteiger partial charge in [0.15, 0.2) is 0 Å². The Kier molecular flexibility index (Phi) is 6.32. The van der Waals surface area contributed by atoms with Gasteiger partial charge in [-0.2, -0.15) is 5.10 Å². The molecule has 1 aliphatic rings. The molecular formula is C24H30N6O. The Morgan fingerprint density at radius 3 is 2.48 bits per heavy atom. The van der Waals surface area contributed by atoms with Gasteiger partial charge in [-0.1, -0.05) is 12.1 Å². The third kappa shape index (κ3) is 4.94. The highest BCUT2D eigenvalue weighted by Gasteiger charge is 2.17. The number of carbonyl (C=O) groups is 1. The molecule has 1 unspecified atom stereocenters. The molecule has 162 valence electrons. The lowest BCUT2D eigenvalue weighted by molar-refractivity contribution is -0.117. The molecule has 0 saturated carbocycles. The molecule has 0 radical (unpaired) electrons. The highest BCUT2D eigenvalue weighted by Crippen LogP contribution is 2.26. The van der Waals surface area contributed by atoms with Crippen LogP contribution in [0.25, 0.3) is 5.69 Å². The lowest BCUT2D eigenvalue weighted by Crippen LogP contribution is -2.32. The van der Waals surface area contributed by atoms with Crippen molar-refractivity contribution in [2.24, 2.45) is 0 Å². The van der Waals surface area contributed by atoms with Gasteiger partial charge in [0, 0.05) is 30.5 Å². The Labute approximate surface area is 183 Å². The number of nitrogens with one attached hydrogen (secondary N) is 1. The summed E-state index contributed by atoms with van der Waals surface area (Å²) in [5.74, 6) is -0.00870. The van der Waals surface area contributed by atoms with E-state index in [2.05, 4.69) is 58.4 Å². The van der Waals surface area contributed by atoms with Gasteiger partial charge in [-0.3, -0.25) is 9.69 Å². The van der Waals surface area contributed by atoms with Crippen LogP contribution in [0.4, 0.5) is 11.4 Å². The van der Waals surface area contributed by atoms with Gasteiger partial charge in [-0.05, 0) is 75.2 Å². The topological polar surface area (TPSA) is 66.3 Å². The summed E-state index contributed by atoms with van der Waals surface area (Å²) in [4.78, 5) is 21.1. The summed E-state index contributed by atoms with van der Waals surface area (Å²) in [5.41, 5.74) is 5.32. The van der Waals surface area contributed by atoms with E-state index in [0.29, 0.717) is 6.54 Å². The van der Waals surface area contributed by atoms with Crippen molar-refractivity contribution < 1.29 is 4.79 Å². The minimum Gasteiger partial charge on any atom is -0.372 e. The van der Waals surface area contributed by atoms with Gasteiger partial charge in [-0.25, -0.2) is 9.67 Å². The number of benzene rings is 2. The molecule has 1 aromatic heterocycles. The molecule has 1 saturated heterocycles. The van der Waals surface area contributed by atoms with E-state index in [1.807, 2.05) is 30.1 Å². The number of hydrogen-bond donors (Lipinski definition) is 1. The van der Waals surface area contributed by atoms with Crippen LogP contribution in [-0.4, -0.2) is 52.3 Å². The predicted octanol–water partition coefficient (Wildman–Crippen LogP) is 3.81. The first-order valence-electron chi connectivity index (χ1n) is 10.8. The second kappa shape index (κ2) is 9.31. The molecule has 1 atom stereocenters. The molecule has 2 heterocycles. The highest BCUT2D eigenvalue weighted by atomic mass is 16.2. The fourth-order valence-electron chi connectivity index (χ4n) is 4.01. The smallest absolute Gasteiger partial charge is 0.238 e. The number of anilines is 2. The molecule has 1 fully saturated rings. The van der Waals surface area contributed by atoms with E-state index < -0.39 is 0 Å². The van der Waals surface area contributed by atoms with Crippen molar-refractivity contribution in [3.05, 3.63) is 66.2 Å². The van der Waals surface area contributed by atoms with Gasteiger partial charge in [0.1, 0.15) is 12.7 Å². The summed E-state index contributed by atoms with van der Waals surface area (Å²) in [6.45, 7) is 6.71. The number of rotatable bonds is 7. The van der Waals surface area contributed by atoms with Crippen LogP contribution in [0.3, 0.4) is 0 Å². The molecule has 1 N–H and O–H groups in total. The Morgan fingerprint density at radius 2 is 1.84 bits per heavy atom. The molecule has 0 spiro atoms. The number of nitrogens with zero attached hydrogens (tertiary/aromatic N) is 5. The second-order valence-electron chi connectivity index (χ2n) is 8.26. The number of amides is 1. The number of carbonyl (C=O) groups excluding carboxylic acids is 1. The normalized spacial score (nSPS) is 14.8. The summed E-state index contributed by atoms with van der Waals surface area (Å²) < 4.78 is 1.73. The van der Waals surface area contributed by atoms with Crippen molar-refractivity contribution >= 4 is 17.3 Å². The van der Waals surface area contributed by atoms with E-state index in [0.717, 1.165) is 35.6 Å². The van der Waals surface area contributed by atoms with E-state index in [4.69, 9.17) is 0 Å². The highest BCUT2D eigenvalue weighted by molar-refractivity contribution is 5.93. The van der Waals surface area contributed by atoms with Gasteiger partial charge in [-0.15, -0.1) is 0 Å². The monoisotopic (exact) mass is 418 g/mol. The quantitative estimate of drug-likeness (QED) is 0.632. The van der Waals surface area contributed by atoms with Crippen molar-refractivity contribution in [3.8, 4) is 5.69 Å². The molecule has 1 aliphatic heterocycles. The second-order valence-corrected chi connectivity index (χ2v) is 8.26. The number of likely N-dealkylation sites (N-methyl/N-ethyl adjacent to an activating group) is 1. The van der Waals surface area contributed by atoms with Crippen LogP contribution in [0.5, 0.6) is 0 Å². The van der Waals surface area contributed by atoms with Crippen molar-refractivity contribution in [3.63, 3.8) is 0 Å². The molecular weight excluding hydrogens is 388 g/mol. The zero-order chi connectivity index (χ0) is 21.8. The first kappa shape index (κ1) is 21.1. The molecule has 31 heavy (non-hydrogen) atoms. The molecule has 2 aromatic carbocycles. The van der Waals surface area contributed by atoms with E-state index in [1.54, 1.807) is 11.0 Å². The summed E-state index contributed by atoms with van der Waals surface area (Å²) in [7, 11) is 1.97. The SMILES string of the molecule is Cc1cc(N2CCCC2)ccc1NC(=O)CN(C)C(C)c1ccc(-n2cncn2)cc1. The van der Waals surface area contributed by atoms with E-state index in [1.165, 1.54) is 24.9 Å². The Hall–Kier alpha value is -3.19. The molecule has 7 nitrogen and oxygen atoms in total. The predicted molar refractivity (Wildman–Crippen MR) is 124 cm³/mol. The van der Waals surface area contributed by atoms with Crippen LogP contribution in [-0.2, 0) is 4.79 Å². The fraction of sp³-hybridized carbons (Fsp3) is 0.375. The third-order valence-electron chi connectivity index (χ3n) is 6.07. The van der Waals surface area contributed by atoms with Gasteiger partial charge in [0.2, 0.25) is 5.91 Å². The van der Waals surface area contributed by atoms with Gasteiger partial charge in [0.05, 0.1) is 12.2 Å². The van der Waals surface area contributed by atoms with E-state index in [9.17, 15) is 4.79 Å². The van der Waals surface area contributed by atoms with Crippen molar-refractivity contribution in [1.82, 2.24) is 19.7 Å². The maximum atomic E-state index is 12.7. The first-order valence-corrected chi connectivity index (χ1v) is 10.8. The number of hydrogen-bond acceptors (Lipinski definition) is 5. The van der Waals surface area contributed by atoms with Crippen molar-refractivity contribution in [1.29, 1.82) is 0 Å². The summed E-state index contributed by atoms with van der Waals surface area (Å²) >= 11 is 0. The summed E-state index contributed by atoms with van der Waals surface area (Å²) in [6.07, 6.45) is 5.70. The summed E-state index contributed by atoms with van der Waals surface area (Å²) in [6, 6.07) is 14.6. The zero-order valence-electron chi connectivity index (χ0n) is 18.5. The van der Waals surface area contributed by atoms with Crippen molar-refractivity contribution in [2.45, 2.75) is 32.7 Å². The number of aromatic nitrogens is 3. The Bertz CT molecular complexity index is 1010. The molecule has 0 aliphatic carbocycles. The van der Waals surface area contributed by atoms with Gasteiger partial charge >= 0.3 is 0 Å². The Morgan fingerprint density at radius 1 is 1.13 bits per heavy atom. The fourth-order valence-corrected chi connectivity index (χ4v) is 4.01. The van der Waals surface area contributed by atoms with Crippen LogP contribution in [0.1, 0.15) is 36.9 Å². The van der Waals surface area contributed by atoms with Crippen LogP contribution >= 0.6 is 0 Å². The standard InChI is InChI=1S/C24H30N6O/c1-18-14-22(29-12-4-5-13-29)10-11-23(18)27-24(31)15-28(3)19(2)20-6-8-21(9-7-20)30-17-25-16-26-30/h6-11,14,16-17,19H,4-5,12-13,15H2,1-3H3,(H,27,31). The average Bonchev–Trinajstić information content (AvgIpc) is 3.49. The molecule has 0 bridgehead atoms. The maximum Gasteiger partial charge on any atom is 0.238 e. The maximum absolute atomic E-state index is 12.7. The first-order chi connectivity index (χ1) is 15.0. The largest absolute Gasteiger partial charge is 0.372 e. The van der Waals surface area contributed by atoms with Crippen LogP contribution in [0.15, 0.2) is 55.1 Å². The van der Waals surface area contributed by atoms with Gasteiger partial charge < -0.3 is 10.2 Å². The van der Waals surface area contributed by atoms with Crippen LogP contribution in [0, 0.1) is 6.92 Å². The summed E-state index contributed by atoms with van der Waals surface area (Å²) in [5, 5.41) is 7.22. The zero-order valence-corrected chi connectivity index (χ0v) is 18.5. The minimum atomic E-state index is -0.00870. The van der Waals surface area contributed by atoms with Crippen LogP contribution in [0.2, 0.25) is 0 Å². The molecule has 4 rings (SSSR count). The van der Waals surface area contributed by atoms with E-state index in [-0.39, 0.29) is 11.9 Å². The van der Waals surface area contributed by atoms with Crippen LogP contribution < -0.4 is 10.2 Å².